The molecule has 3 aromatic heterocycles. The second kappa shape index (κ2) is 5.38. The van der Waals surface area contributed by atoms with Crippen molar-refractivity contribution in [1.82, 2.24) is 19.6 Å². The van der Waals surface area contributed by atoms with E-state index in [9.17, 15) is 4.79 Å². The lowest BCUT2D eigenvalue weighted by Crippen LogP contribution is -2.20. The number of anilines is 2. The van der Waals surface area contributed by atoms with Crippen LogP contribution in [0.5, 0.6) is 0 Å². The van der Waals surface area contributed by atoms with Gasteiger partial charge in [-0.15, -0.1) is 5.10 Å². The Labute approximate surface area is 131 Å². The van der Waals surface area contributed by atoms with Crippen LogP contribution in [-0.4, -0.2) is 25.6 Å². The summed E-state index contributed by atoms with van der Waals surface area (Å²) in [6.45, 7) is 0. The molecule has 4 aromatic rings. The zero-order valence-electron chi connectivity index (χ0n) is 12.0. The number of nitrogens with one attached hydrogen (secondary N) is 2. The number of rotatable bonds is 2. The lowest BCUT2D eigenvalue weighted by atomic mass is 10.3. The molecular formula is C16H12N6O. The number of urea groups is 1. The maximum atomic E-state index is 12.2. The summed E-state index contributed by atoms with van der Waals surface area (Å²) in [5.74, 6) is 0.421. The number of para-hydroxylation sites is 1. The fraction of sp³-hybridized carbons (Fsp3) is 0. The third-order valence-corrected chi connectivity index (χ3v) is 3.39. The number of hydrogen-bond donors (Lipinski definition) is 2. The molecule has 0 aliphatic carbocycles. The summed E-state index contributed by atoms with van der Waals surface area (Å²) in [6.07, 6.45) is 3.21. The van der Waals surface area contributed by atoms with Crippen LogP contribution in [0.25, 0.3) is 16.6 Å². The summed E-state index contributed by atoms with van der Waals surface area (Å²) in [6, 6.07) is 14.5. The highest BCUT2D eigenvalue weighted by atomic mass is 16.2. The van der Waals surface area contributed by atoms with Crippen LogP contribution < -0.4 is 10.6 Å². The highest BCUT2D eigenvalue weighted by Crippen LogP contribution is 2.24. The van der Waals surface area contributed by atoms with Crippen molar-refractivity contribution >= 4 is 34.1 Å². The van der Waals surface area contributed by atoms with Crippen LogP contribution in [0.15, 0.2) is 61.1 Å². The van der Waals surface area contributed by atoms with Crippen LogP contribution in [0.4, 0.5) is 16.3 Å². The van der Waals surface area contributed by atoms with E-state index in [4.69, 9.17) is 0 Å². The molecule has 0 bridgehead atoms. The smallest absolute Gasteiger partial charge is 0.308 e. The molecule has 0 radical (unpaired) electrons. The van der Waals surface area contributed by atoms with Crippen LogP contribution >= 0.6 is 0 Å². The van der Waals surface area contributed by atoms with Crippen molar-refractivity contribution < 1.29 is 4.79 Å². The molecule has 0 spiro atoms. The summed E-state index contributed by atoms with van der Waals surface area (Å²) in [4.78, 5) is 20.5. The normalized spacial score (nSPS) is 10.8. The largest absolute Gasteiger partial charge is 0.324 e. The van der Waals surface area contributed by atoms with Gasteiger partial charge in [0.2, 0.25) is 0 Å². The lowest BCUT2D eigenvalue weighted by molar-refractivity contribution is 0.262. The highest BCUT2D eigenvalue weighted by Gasteiger charge is 2.13. The van der Waals surface area contributed by atoms with Gasteiger partial charge in [0, 0.05) is 11.9 Å². The van der Waals surface area contributed by atoms with E-state index in [1.807, 2.05) is 54.7 Å². The molecule has 23 heavy (non-hydrogen) atoms. The van der Waals surface area contributed by atoms with E-state index in [1.165, 1.54) is 6.33 Å². The molecule has 112 valence electrons. The number of pyridine rings is 1. The Hall–Kier alpha value is -3.48. The molecule has 3 heterocycles. The fourth-order valence-corrected chi connectivity index (χ4v) is 2.40. The topological polar surface area (TPSA) is 84.2 Å². The molecule has 0 fully saturated rings. The SMILES string of the molecule is O=C(Nc1ccccc1)Nc1ncnc2nn3ccccc3c12. The van der Waals surface area contributed by atoms with E-state index < -0.39 is 0 Å². The molecule has 0 saturated carbocycles. The molecule has 0 aliphatic heterocycles. The van der Waals surface area contributed by atoms with E-state index in [2.05, 4.69) is 25.7 Å². The summed E-state index contributed by atoms with van der Waals surface area (Å²) in [5, 5.41) is 10.6. The van der Waals surface area contributed by atoms with Crippen LogP contribution in [0.1, 0.15) is 0 Å². The number of amides is 2. The summed E-state index contributed by atoms with van der Waals surface area (Å²) in [7, 11) is 0. The van der Waals surface area contributed by atoms with Gasteiger partial charge in [-0.1, -0.05) is 24.3 Å². The number of nitrogens with zero attached hydrogens (tertiary/aromatic N) is 4. The van der Waals surface area contributed by atoms with Crippen LogP contribution in [-0.2, 0) is 0 Å². The summed E-state index contributed by atoms with van der Waals surface area (Å²) < 4.78 is 1.71. The first kappa shape index (κ1) is 13.2. The first-order valence-corrected chi connectivity index (χ1v) is 7.02. The van der Waals surface area contributed by atoms with Gasteiger partial charge in [0.25, 0.3) is 0 Å². The van der Waals surface area contributed by atoms with Crippen molar-refractivity contribution in [2.45, 2.75) is 0 Å². The zero-order valence-corrected chi connectivity index (χ0v) is 12.0. The molecule has 7 heteroatoms. The van der Waals surface area contributed by atoms with Crippen molar-refractivity contribution in [1.29, 1.82) is 0 Å². The van der Waals surface area contributed by atoms with Crippen molar-refractivity contribution in [2.24, 2.45) is 0 Å². The summed E-state index contributed by atoms with van der Waals surface area (Å²) >= 11 is 0. The molecule has 2 amide bonds. The van der Waals surface area contributed by atoms with Crippen molar-refractivity contribution in [3.8, 4) is 0 Å². The minimum atomic E-state index is -0.369. The Morgan fingerprint density at radius 2 is 1.78 bits per heavy atom. The molecule has 0 saturated heterocycles. The number of fused-ring (bicyclic) bond motifs is 3. The Morgan fingerprint density at radius 3 is 2.65 bits per heavy atom. The maximum Gasteiger partial charge on any atom is 0.324 e. The van der Waals surface area contributed by atoms with E-state index in [0.717, 1.165) is 5.52 Å². The monoisotopic (exact) mass is 304 g/mol. The molecule has 0 atom stereocenters. The molecule has 1 aromatic carbocycles. The van der Waals surface area contributed by atoms with Crippen LogP contribution in [0, 0.1) is 0 Å². The van der Waals surface area contributed by atoms with E-state index in [0.29, 0.717) is 22.5 Å². The van der Waals surface area contributed by atoms with Gasteiger partial charge in [0.05, 0.1) is 10.9 Å². The average molecular weight is 304 g/mol. The van der Waals surface area contributed by atoms with Gasteiger partial charge in [-0.25, -0.2) is 19.3 Å². The standard InChI is InChI=1S/C16H12N6O/c23-16(19-11-6-2-1-3-7-11)20-14-13-12-8-4-5-9-22(12)21-15(13)18-10-17-14/h1-10H,(H2,17,18,19,20,21,23). The Bertz CT molecular complexity index is 995. The number of hydrogen-bond acceptors (Lipinski definition) is 4. The highest BCUT2D eigenvalue weighted by molar-refractivity contribution is 6.08. The van der Waals surface area contributed by atoms with Gasteiger partial charge in [0.1, 0.15) is 12.1 Å². The first-order valence-electron chi connectivity index (χ1n) is 7.02. The van der Waals surface area contributed by atoms with Crippen molar-refractivity contribution in [3.63, 3.8) is 0 Å². The minimum Gasteiger partial charge on any atom is -0.308 e. The Balaban J connectivity index is 1.70. The van der Waals surface area contributed by atoms with Crippen molar-refractivity contribution in [2.75, 3.05) is 10.6 Å². The molecule has 7 nitrogen and oxygen atoms in total. The predicted octanol–water partition coefficient (Wildman–Crippen LogP) is 2.92. The molecular weight excluding hydrogens is 292 g/mol. The minimum absolute atomic E-state index is 0.369. The molecule has 0 aliphatic rings. The summed E-state index contributed by atoms with van der Waals surface area (Å²) in [5.41, 5.74) is 2.06. The van der Waals surface area contributed by atoms with Gasteiger partial charge in [-0.3, -0.25) is 5.32 Å². The van der Waals surface area contributed by atoms with Gasteiger partial charge in [-0.2, -0.15) is 0 Å². The van der Waals surface area contributed by atoms with E-state index in [-0.39, 0.29) is 6.03 Å². The number of carbonyl (C=O) groups is 1. The Kier molecular flexibility index (Phi) is 3.09. The second-order valence-electron chi connectivity index (χ2n) is 4.90. The van der Waals surface area contributed by atoms with Crippen LogP contribution in [0.2, 0.25) is 0 Å². The van der Waals surface area contributed by atoms with Gasteiger partial charge in [0.15, 0.2) is 5.65 Å². The third kappa shape index (κ3) is 2.44. The molecule has 2 N–H and O–H groups in total. The van der Waals surface area contributed by atoms with Crippen molar-refractivity contribution in [3.05, 3.63) is 61.1 Å². The number of aromatic nitrogens is 4. The van der Waals surface area contributed by atoms with Crippen LogP contribution in [0.3, 0.4) is 0 Å². The van der Waals surface area contributed by atoms with E-state index >= 15 is 0 Å². The zero-order chi connectivity index (χ0) is 15.6. The van der Waals surface area contributed by atoms with Gasteiger partial charge < -0.3 is 5.32 Å². The maximum absolute atomic E-state index is 12.2. The average Bonchev–Trinajstić information content (AvgIpc) is 2.95. The third-order valence-electron chi connectivity index (χ3n) is 3.39. The van der Waals surface area contributed by atoms with E-state index in [1.54, 1.807) is 4.52 Å². The fourth-order valence-electron chi connectivity index (χ4n) is 2.40. The molecule has 0 unspecified atom stereocenters. The lowest BCUT2D eigenvalue weighted by Gasteiger charge is -2.07. The number of carbonyl (C=O) groups excluding carboxylic acids is 1. The second-order valence-corrected chi connectivity index (χ2v) is 4.90. The predicted molar refractivity (Wildman–Crippen MR) is 87.4 cm³/mol. The molecule has 4 rings (SSSR count). The first-order chi connectivity index (χ1) is 11.3. The number of benzene rings is 1. The van der Waals surface area contributed by atoms with Gasteiger partial charge >= 0.3 is 6.03 Å². The Morgan fingerprint density at radius 1 is 0.957 bits per heavy atom. The van der Waals surface area contributed by atoms with Gasteiger partial charge in [-0.05, 0) is 24.3 Å². The quantitative estimate of drug-likeness (QED) is 0.596.